The average molecular weight is 440 g/mol. The van der Waals surface area contributed by atoms with Crippen LogP contribution in [0.1, 0.15) is 18.5 Å². The molecule has 0 aliphatic carbocycles. The third-order valence-electron chi connectivity index (χ3n) is 5.30. The molecule has 31 heavy (non-hydrogen) atoms. The Balaban J connectivity index is 1.43. The van der Waals surface area contributed by atoms with Gasteiger partial charge in [0.2, 0.25) is 17.5 Å². The lowest BCUT2D eigenvalue weighted by Crippen LogP contribution is -2.38. The van der Waals surface area contributed by atoms with Crippen LogP contribution in [0.5, 0.6) is 0 Å². The topological polar surface area (TPSA) is 98.5 Å². The number of rotatable bonds is 5. The molecule has 2 aromatic heterocycles. The first kappa shape index (κ1) is 20.8. The van der Waals surface area contributed by atoms with Crippen LogP contribution < -0.4 is 15.1 Å². The van der Waals surface area contributed by atoms with E-state index in [2.05, 4.69) is 16.4 Å². The van der Waals surface area contributed by atoms with Crippen molar-refractivity contribution in [1.82, 2.24) is 4.98 Å². The Morgan fingerprint density at radius 3 is 2.74 bits per heavy atom. The molecule has 0 spiro atoms. The van der Waals surface area contributed by atoms with Crippen LogP contribution in [0.3, 0.4) is 0 Å². The number of oxazole rings is 1. The number of aromatic nitrogens is 1. The lowest BCUT2D eigenvalue weighted by Gasteiger charge is -2.31. The first-order valence-electron chi connectivity index (χ1n) is 9.93. The van der Waals surface area contributed by atoms with Crippen LogP contribution in [0.2, 0.25) is 5.02 Å². The van der Waals surface area contributed by atoms with Gasteiger partial charge in [-0.25, -0.2) is 0 Å². The number of hydrogen-bond donors (Lipinski definition) is 1. The Morgan fingerprint density at radius 1 is 1.32 bits per heavy atom. The zero-order chi connectivity index (χ0) is 22.0. The maximum Gasteiger partial charge on any atom is 0.266 e. The van der Waals surface area contributed by atoms with E-state index in [1.807, 2.05) is 30.0 Å². The van der Waals surface area contributed by atoms with E-state index in [-0.39, 0.29) is 23.4 Å². The van der Waals surface area contributed by atoms with E-state index in [1.54, 1.807) is 24.3 Å². The summed E-state index contributed by atoms with van der Waals surface area (Å²) in [7, 11) is 3.83. The maximum atomic E-state index is 12.9. The van der Waals surface area contributed by atoms with Crippen LogP contribution in [0.15, 0.2) is 45.4 Å². The molecule has 160 valence electrons. The highest BCUT2D eigenvalue weighted by Gasteiger charge is 2.29. The predicted octanol–water partition coefficient (Wildman–Crippen LogP) is 4.38. The summed E-state index contributed by atoms with van der Waals surface area (Å²) in [6.07, 6.45) is 2.79. The van der Waals surface area contributed by atoms with Crippen LogP contribution in [0, 0.1) is 17.2 Å². The molecule has 0 atom stereocenters. The van der Waals surface area contributed by atoms with Crippen molar-refractivity contribution in [3.05, 3.63) is 47.3 Å². The summed E-state index contributed by atoms with van der Waals surface area (Å²) in [4.78, 5) is 21.0. The maximum absolute atomic E-state index is 12.9. The minimum Gasteiger partial charge on any atom is -0.459 e. The van der Waals surface area contributed by atoms with E-state index in [4.69, 9.17) is 20.4 Å². The highest BCUT2D eigenvalue weighted by Crippen LogP contribution is 2.33. The molecule has 9 heteroatoms. The average Bonchev–Trinajstić information content (AvgIpc) is 3.43. The molecule has 0 bridgehead atoms. The predicted molar refractivity (Wildman–Crippen MR) is 118 cm³/mol. The molecule has 1 aliphatic heterocycles. The van der Waals surface area contributed by atoms with E-state index in [1.165, 1.54) is 6.26 Å². The standard InChI is InChI=1S/C22H22ClN5O3/c1-27(2)18-6-5-15(23)12-16(18)25-20(29)14-7-9-28(10-8-14)22-17(13-24)26-21(31-22)19-4-3-11-30-19/h3-6,11-12,14H,7-10H2,1-2H3,(H,25,29). The summed E-state index contributed by atoms with van der Waals surface area (Å²) >= 11 is 6.12. The first-order valence-corrected chi connectivity index (χ1v) is 10.3. The fraction of sp³-hybridized carbons (Fsp3) is 0.318. The van der Waals surface area contributed by atoms with Crippen LogP contribution in [-0.2, 0) is 4.79 Å². The molecule has 1 fully saturated rings. The van der Waals surface area contributed by atoms with Crippen molar-refractivity contribution < 1.29 is 13.6 Å². The third kappa shape index (κ3) is 4.37. The Hall–Kier alpha value is -3.44. The van der Waals surface area contributed by atoms with E-state index in [0.717, 1.165) is 5.69 Å². The molecule has 3 heterocycles. The van der Waals surface area contributed by atoms with Crippen molar-refractivity contribution in [3.8, 4) is 17.7 Å². The molecule has 0 unspecified atom stereocenters. The van der Waals surface area contributed by atoms with Gasteiger partial charge in [0.15, 0.2) is 5.76 Å². The monoisotopic (exact) mass is 439 g/mol. The molecule has 0 radical (unpaired) electrons. The smallest absolute Gasteiger partial charge is 0.266 e. The third-order valence-corrected chi connectivity index (χ3v) is 5.53. The summed E-state index contributed by atoms with van der Waals surface area (Å²) < 4.78 is 11.1. The van der Waals surface area contributed by atoms with Gasteiger partial charge in [0.1, 0.15) is 6.07 Å². The van der Waals surface area contributed by atoms with Crippen molar-refractivity contribution >= 4 is 34.8 Å². The number of anilines is 3. The zero-order valence-electron chi connectivity index (χ0n) is 17.3. The molecule has 3 aromatic rings. The Labute approximate surface area is 185 Å². The Morgan fingerprint density at radius 2 is 2.10 bits per heavy atom. The minimum absolute atomic E-state index is 0.0423. The van der Waals surface area contributed by atoms with Gasteiger partial charge >= 0.3 is 0 Å². The van der Waals surface area contributed by atoms with Gasteiger partial charge in [-0.05, 0) is 43.2 Å². The fourth-order valence-corrected chi connectivity index (χ4v) is 3.85. The van der Waals surface area contributed by atoms with Crippen molar-refractivity contribution in [2.24, 2.45) is 5.92 Å². The minimum atomic E-state index is -0.150. The van der Waals surface area contributed by atoms with Crippen molar-refractivity contribution in [2.75, 3.05) is 42.3 Å². The number of carbonyl (C=O) groups excluding carboxylic acids is 1. The van der Waals surface area contributed by atoms with Crippen LogP contribution in [-0.4, -0.2) is 38.1 Å². The normalized spacial score (nSPS) is 14.3. The molecular weight excluding hydrogens is 418 g/mol. The zero-order valence-corrected chi connectivity index (χ0v) is 18.0. The van der Waals surface area contributed by atoms with Crippen molar-refractivity contribution in [2.45, 2.75) is 12.8 Å². The van der Waals surface area contributed by atoms with Crippen LogP contribution in [0.4, 0.5) is 17.3 Å². The van der Waals surface area contributed by atoms with Gasteiger partial charge < -0.3 is 24.0 Å². The SMILES string of the molecule is CN(C)c1ccc(Cl)cc1NC(=O)C1CCN(c2oc(-c3ccco3)nc2C#N)CC1. The number of carbonyl (C=O) groups is 1. The number of furan rings is 1. The second-order valence-electron chi connectivity index (χ2n) is 7.57. The number of halogens is 1. The molecule has 1 amide bonds. The number of benzene rings is 1. The second kappa shape index (κ2) is 8.74. The van der Waals surface area contributed by atoms with Gasteiger partial charge in [-0.2, -0.15) is 10.2 Å². The lowest BCUT2D eigenvalue weighted by molar-refractivity contribution is -0.120. The molecule has 1 saturated heterocycles. The number of hydrogen-bond acceptors (Lipinski definition) is 7. The lowest BCUT2D eigenvalue weighted by atomic mass is 9.95. The van der Waals surface area contributed by atoms with Gasteiger partial charge in [0.05, 0.1) is 17.6 Å². The van der Waals surface area contributed by atoms with Gasteiger partial charge in [-0.15, -0.1) is 0 Å². The first-order chi connectivity index (χ1) is 15.0. The summed E-state index contributed by atoms with van der Waals surface area (Å²) in [6.45, 7) is 1.16. The van der Waals surface area contributed by atoms with E-state index >= 15 is 0 Å². The summed E-state index contributed by atoms with van der Waals surface area (Å²) in [5, 5.41) is 13.0. The van der Waals surface area contributed by atoms with Gasteiger partial charge in [0.25, 0.3) is 5.89 Å². The number of amides is 1. The second-order valence-corrected chi connectivity index (χ2v) is 8.00. The van der Waals surface area contributed by atoms with E-state index in [0.29, 0.717) is 48.3 Å². The Kier molecular flexibility index (Phi) is 5.87. The number of piperidine rings is 1. The molecule has 1 aliphatic rings. The largest absolute Gasteiger partial charge is 0.459 e. The molecule has 0 saturated carbocycles. The Bertz CT molecular complexity index is 1110. The number of nitrogens with zero attached hydrogens (tertiary/aromatic N) is 4. The fourth-order valence-electron chi connectivity index (χ4n) is 3.68. The summed E-state index contributed by atoms with van der Waals surface area (Å²) in [5.41, 5.74) is 1.79. The van der Waals surface area contributed by atoms with Crippen LogP contribution >= 0.6 is 11.6 Å². The van der Waals surface area contributed by atoms with E-state index in [9.17, 15) is 10.1 Å². The van der Waals surface area contributed by atoms with Gasteiger partial charge in [-0.3, -0.25) is 4.79 Å². The molecule has 1 aromatic carbocycles. The number of nitriles is 1. The highest BCUT2D eigenvalue weighted by molar-refractivity contribution is 6.31. The van der Waals surface area contributed by atoms with Crippen molar-refractivity contribution in [3.63, 3.8) is 0 Å². The van der Waals surface area contributed by atoms with Crippen LogP contribution in [0.25, 0.3) is 11.7 Å². The van der Waals surface area contributed by atoms with Crippen molar-refractivity contribution in [1.29, 1.82) is 5.26 Å². The molecule has 8 nitrogen and oxygen atoms in total. The number of nitrogens with one attached hydrogen (secondary N) is 1. The van der Waals surface area contributed by atoms with Gasteiger partial charge in [0, 0.05) is 38.1 Å². The molecular formula is C22H22ClN5O3. The summed E-state index contributed by atoms with van der Waals surface area (Å²) in [5.74, 6) is 0.962. The molecule has 1 N–H and O–H groups in total. The summed E-state index contributed by atoms with van der Waals surface area (Å²) in [6, 6.07) is 11.0. The molecule has 4 rings (SSSR count). The van der Waals surface area contributed by atoms with Gasteiger partial charge in [-0.1, -0.05) is 11.6 Å². The van der Waals surface area contributed by atoms with E-state index < -0.39 is 0 Å². The highest BCUT2D eigenvalue weighted by atomic mass is 35.5. The quantitative estimate of drug-likeness (QED) is 0.629.